The molecular weight excluding hydrogens is 450 g/mol. The monoisotopic (exact) mass is 475 g/mol. The van der Waals surface area contributed by atoms with E-state index in [1.165, 1.54) is 6.26 Å². The van der Waals surface area contributed by atoms with Crippen LogP contribution in [0, 0.1) is 16.1 Å². The largest absolute Gasteiger partial charge is 0.367 e. The van der Waals surface area contributed by atoms with E-state index in [9.17, 15) is 13.8 Å². The lowest BCUT2D eigenvalue weighted by Crippen LogP contribution is -2.44. The second-order valence-corrected chi connectivity index (χ2v) is 11.7. The predicted molar refractivity (Wildman–Crippen MR) is 131 cm³/mol. The van der Waals surface area contributed by atoms with Crippen molar-refractivity contribution in [2.45, 2.75) is 30.7 Å². The second kappa shape index (κ2) is 7.99. The third-order valence-corrected chi connectivity index (χ3v) is 9.11. The maximum atomic E-state index is 13.3. The van der Waals surface area contributed by atoms with Gasteiger partial charge in [0.05, 0.1) is 27.6 Å². The van der Waals surface area contributed by atoms with E-state index in [0.29, 0.717) is 25.2 Å². The van der Waals surface area contributed by atoms with Crippen LogP contribution in [0.15, 0.2) is 53.3 Å². The average molecular weight is 476 g/mol. The minimum Gasteiger partial charge on any atom is -0.367 e. The molecular formula is C25H25N5O3S. The Morgan fingerprint density at radius 2 is 1.94 bits per heavy atom. The molecule has 34 heavy (non-hydrogen) atoms. The molecule has 0 radical (unpaired) electrons. The molecule has 174 valence electrons. The van der Waals surface area contributed by atoms with Gasteiger partial charge in [-0.15, -0.1) is 0 Å². The number of anilines is 1. The molecule has 2 N–H and O–H groups in total. The normalized spacial score (nSPS) is 17.6. The van der Waals surface area contributed by atoms with Crippen LogP contribution in [0.4, 0.5) is 5.69 Å². The summed E-state index contributed by atoms with van der Waals surface area (Å²) in [6, 6.07) is 16.3. The van der Waals surface area contributed by atoms with E-state index in [1.807, 2.05) is 18.2 Å². The maximum Gasteiger partial charge on any atom is 0.264 e. The fourth-order valence-corrected chi connectivity index (χ4v) is 5.98. The number of rotatable bonds is 6. The zero-order valence-electron chi connectivity index (χ0n) is 18.8. The number of benzene rings is 2. The van der Waals surface area contributed by atoms with Crippen molar-refractivity contribution in [1.82, 2.24) is 9.88 Å². The van der Waals surface area contributed by atoms with Gasteiger partial charge in [0.2, 0.25) is 0 Å². The molecule has 2 heterocycles. The summed E-state index contributed by atoms with van der Waals surface area (Å²) >= 11 is 0. The highest BCUT2D eigenvalue weighted by atomic mass is 32.2. The Labute approximate surface area is 197 Å². The first kappa shape index (κ1) is 22.2. The van der Waals surface area contributed by atoms with E-state index >= 15 is 0 Å². The lowest BCUT2D eigenvalue weighted by Gasteiger charge is -2.35. The van der Waals surface area contributed by atoms with Crippen molar-refractivity contribution in [2.24, 2.45) is 0 Å². The first-order valence-corrected chi connectivity index (χ1v) is 13.1. The van der Waals surface area contributed by atoms with Gasteiger partial charge in [0.1, 0.15) is 5.56 Å². The van der Waals surface area contributed by atoms with Gasteiger partial charge in [0, 0.05) is 47.6 Å². The van der Waals surface area contributed by atoms with Gasteiger partial charge in [-0.25, -0.2) is 4.21 Å². The first-order valence-electron chi connectivity index (χ1n) is 11.1. The van der Waals surface area contributed by atoms with Crippen LogP contribution < -0.4 is 15.8 Å². The Hall–Kier alpha value is -3.64. The molecule has 8 nitrogen and oxygen atoms in total. The highest BCUT2D eigenvalue weighted by molar-refractivity contribution is 7.93. The summed E-state index contributed by atoms with van der Waals surface area (Å²) in [4.78, 5) is 28.3. The van der Waals surface area contributed by atoms with Gasteiger partial charge in [-0.2, -0.15) is 5.26 Å². The van der Waals surface area contributed by atoms with Gasteiger partial charge in [-0.1, -0.05) is 24.3 Å². The molecule has 1 amide bonds. The number of carbonyl (C=O) groups is 1. The van der Waals surface area contributed by atoms with Gasteiger partial charge in [-0.3, -0.25) is 14.4 Å². The number of nitriles is 1. The molecule has 0 saturated heterocycles. The number of nitrogens with one attached hydrogen (secondary N) is 2. The van der Waals surface area contributed by atoms with E-state index in [2.05, 4.69) is 16.3 Å². The number of pyridine rings is 1. The molecule has 2 aromatic carbocycles. The SMILES string of the molecule is CS(=N)(=O)C1(CN2CCn3c(=O)c(C(=O)NCc4ccc(C#N)cc4)cc4cccc2c43)CC1. The van der Waals surface area contributed by atoms with Crippen molar-refractivity contribution >= 4 is 32.2 Å². The van der Waals surface area contributed by atoms with Crippen LogP contribution >= 0.6 is 0 Å². The quantitative estimate of drug-likeness (QED) is 0.568. The second-order valence-electron chi connectivity index (χ2n) is 9.17. The minimum atomic E-state index is -2.68. The number of para-hydroxylation sites is 1. The number of nitrogens with zero attached hydrogens (tertiary/aromatic N) is 3. The number of amides is 1. The maximum absolute atomic E-state index is 13.3. The van der Waals surface area contributed by atoms with Crippen molar-refractivity contribution < 1.29 is 9.00 Å². The summed E-state index contributed by atoms with van der Waals surface area (Å²) in [6.07, 6.45) is 3.08. The molecule has 9 heteroatoms. The summed E-state index contributed by atoms with van der Waals surface area (Å²) in [7, 11) is -2.68. The Morgan fingerprint density at radius 1 is 1.21 bits per heavy atom. The van der Waals surface area contributed by atoms with E-state index in [-0.39, 0.29) is 17.7 Å². The van der Waals surface area contributed by atoms with E-state index in [1.54, 1.807) is 34.9 Å². The van der Waals surface area contributed by atoms with E-state index in [4.69, 9.17) is 10.0 Å². The van der Waals surface area contributed by atoms with Crippen LogP contribution in [-0.4, -0.2) is 38.8 Å². The third-order valence-electron chi connectivity index (χ3n) is 6.92. The Balaban J connectivity index is 1.44. The third kappa shape index (κ3) is 3.74. The smallest absolute Gasteiger partial charge is 0.264 e. The van der Waals surface area contributed by atoms with Crippen molar-refractivity contribution in [1.29, 1.82) is 10.0 Å². The van der Waals surface area contributed by atoms with Crippen LogP contribution in [0.25, 0.3) is 10.9 Å². The highest BCUT2D eigenvalue weighted by Crippen LogP contribution is 2.45. The predicted octanol–water partition coefficient (Wildman–Crippen LogP) is 2.83. The standard InChI is InChI=1S/C25H25N5O3S/c1-34(27,33)25(9-10-25)16-29-11-12-30-22-19(3-2-4-21(22)29)13-20(24(30)32)23(31)28-15-18-7-5-17(14-26)6-8-18/h2-8,13,27H,9-12,15-16H2,1H3,(H,28,31). The topological polar surface area (TPSA) is 119 Å². The van der Waals surface area contributed by atoms with Crippen molar-refractivity contribution in [3.63, 3.8) is 0 Å². The number of hydrogen-bond donors (Lipinski definition) is 2. The Kier molecular flexibility index (Phi) is 5.21. The zero-order valence-corrected chi connectivity index (χ0v) is 19.7. The molecule has 0 spiro atoms. The van der Waals surface area contributed by atoms with Gasteiger partial charge in [0.25, 0.3) is 11.5 Å². The van der Waals surface area contributed by atoms with Crippen LogP contribution in [0.2, 0.25) is 0 Å². The van der Waals surface area contributed by atoms with Crippen LogP contribution in [0.5, 0.6) is 0 Å². The molecule has 0 bridgehead atoms. The lowest BCUT2D eigenvalue weighted by molar-refractivity contribution is 0.0949. The Bertz CT molecular complexity index is 1510. The van der Waals surface area contributed by atoms with E-state index in [0.717, 1.165) is 35.0 Å². The fraction of sp³-hybridized carbons (Fsp3) is 0.320. The molecule has 1 fully saturated rings. The van der Waals surface area contributed by atoms with Gasteiger partial charge >= 0.3 is 0 Å². The molecule has 3 aromatic rings. The number of aromatic nitrogens is 1. The van der Waals surface area contributed by atoms with Gasteiger partial charge in [-0.05, 0) is 42.7 Å². The summed E-state index contributed by atoms with van der Waals surface area (Å²) in [5.74, 6) is -0.440. The molecule has 1 aliphatic carbocycles. The molecule has 1 unspecified atom stereocenters. The molecule has 2 aliphatic rings. The lowest BCUT2D eigenvalue weighted by atomic mass is 10.1. The summed E-state index contributed by atoms with van der Waals surface area (Å²) in [5, 5.41) is 12.5. The summed E-state index contributed by atoms with van der Waals surface area (Å²) in [5.41, 5.74) is 2.78. The summed E-state index contributed by atoms with van der Waals surface area (Å²) in [6.45, 7) is 1.76. The molecule has 1 aromatic heterocycles. The van der Waals surface area contributed by atoms with Gasteiger partial charge < -0.3 is 14.8 Å². The van der Waals surface area contributed by atoms with Crippen molar-refractivity contribution in [3.05, 3.63) is 75.6 Å². The number of carbonyl (C=O) groups excluding carboxylic acids is 1. The molecule has 1 aliphatic heterocycles. The van der Waals surface area contributed by atoms with Crippen molar-refractivity contribution in [3.8, 4) is 6.07 Å². The number of hydrogen-bond acceptors (Lipinski definition) is 6. The van der Waals surface area contributed by atoms with Crippen LogP contribution in [0.3, 0.4) is 0 Å². The fourth-order valence-electron chi connectivity index (χ4n) is 4.69. The average Bonchev–Trinajstić information content (AvgIpc) is 3.62. The molecule has 1 saturated carbocycles. The first-order chi connectivity index (χ1) is 16.2. The summed E-state index contributed by atoms with van der Waals surface area (Å²) < 4.78 is 21.8. The van der Waals surface area contributed by atoms with Crippen molar-refractivity contribution in [2.75, 3.05) is 24.2 Å². The minimum absolute atomic E-state index is 0.0909. The van der Waals surface area contributed by atoms with E-state index < -0.39 is 20.4 Å². The van der Waals surface area contributed by atoms with Crippen LogP contribution in [-0.2, 0) is 22.8 Å². The molecule has 1 atom stereocenters. The zero-order chi connectivity index (χ0) is 24.1. The highest BCUT2D eigenvalue weighted by Gasteiger charge is 2.51. The van der Waals surface area contributed by atoms with Crippen LogP contribution in [0.1, 0.15) is 34.3 Å². The molecule has 5 rings (SSSR count). The van der Waals surface area contributed by atoms with Gasteiger partial charge in [0.15, 0.2) is 0 Å². The Morgan fingerprint density at radius 3 is 2.59 bits per heavy atom.